The molecule has 1 aliphatic carbocycles. The predicted octanol–water partition coefficient (Wildman–Crippen LogP) is 3.41. The monoisotopic (exact) mass is 406 g/mol. The molecule has 30 heavy (non-hydrogen) atoms. The number of esters is 1. The third kappa shape index (κ3) is 3.59. The fourth-order valence-electron chi connectivity index (χ4n) is 3.82. The first kappa shape index (κ1) is 19.5. The largest absolute Gasteiger partial charge is 0.457 e. The number of allylic oxidation sites excluding steroid dienone is 2. The van der Waals surface area contributed by atoms with Crippen LogP contribution >= 0.6 is 0 Å². The van der Waals surface area contributed by atoms with Crippen molar-refractivity contribution in [2.75, 3.05) is 4.90 Å². The number of carbonyl (C=O) groups is 3. The minimum absolute atomic E-state index is 0.0902. The molecule has 2 aliphatic rings. The Labute approximate surface area is 171 Å². The van der Waals surface area contributed by atoms with Crippen LogP contribution in [-0.4, -0.2) is 22.7 Å². The summed E-state index contributed by atoms with van der Waals surface area (Å²) in [6.45, 7) is -0.137. The molecule has 4 rings (SSSR count). The number of nitro benzene ring substituents is 1. The first-order chi connectivity index (χ1) is 14.5. The van der Waals surface area contributed by atoms with Crippen molar-refractivity contribution in [3.63, 3.8) is 0 Å². The third-order valence-electron chi connectivity index (χ3n) is 5.34. The Balaban J connectivity index is 1.49. The summed E-state index contributed by atoms with van der Waals surface area (Å²) in [6, 6.07) is 12.0. The molecule has 0 radical (unpaired) electrons. The zero-order valence-electron chi connectivity index (χ0n) is 15.9. The first-order valence-electron chi connectivity index (χ1n) is 9.49. The molecular formula is C22H18N2O6. The number of carbonyl (C=O) groups excluding carboxylic acids is 3. The highest BCUT2D eigenvalue weighted by atomic mass is 16.6. The molecule has 0 unspecified atom stereocenters. The highest BCUT2D eigenvalue weighted by Crippen LogP contribution is 2.37. The Hall–Kier alpha value is -3.81. The highest BCUT2D eigenvalue weighted by Gasteiger charge is 2.47. The minimum Gasteiger partial charge on any atom is -0.457 e. The van der Waals surface area contributed by atoms with Crippen molar-refractivity contribution in [3.05, 3.63) is 81.9 Å². The highest BCUT2D eigenvalue weighted by molar-refractivity contribution is 6.22. The molecule has 8 nitrogen and oxygen atoms in total. The van der Waals surface area contributed by atoms with Gasteiger partial charge >= 0.3 is 5.97 Å². The second-order valence-corrected chi connectivity index (χ2v) is 7.22. The summed E-state index contributed by atoms with van der Waals surface area (Å²) in [5.74, 6) is -1.87. The van der Waals surface area contributed by atoms with Crippen molar-refractivity contribution >= 4 is 29.2 Å². The van der Waals surface area contributed by atoms with Crippen molar-refractivity contribution < 1.29 is 24.0 Å². The zero-order valence-corrected chi connectivity index (χ0v) is 15.9. The Bertz CT molecular complexity index is 1050. The number of hydrogen-bond donors (Lipinski definition) is 0. The standard InChI is InChI=1S/C22H18N2O6/c25-20-18-9-1-2-10-19(18)21(26)23(20)16-7-4-6-15(12-16)22(27)30-13-14-5-3-8-17(11-14)24(28)29/h1-8,11-12,18-19H,9-10,13H2/t18-,19-/m1/s1. The smallest absolute Gasteiger partial charge is 0.338 e. The molecule has 0 aromatic heterocycles. The van der Waals surface area contributed by atoms with Crippen LogP contribution in [-0.2, 0) is 20.9 Å². The first-order valence-corrected chi connectivity index (χ1v) is 9.49. The maximum atomic E-state index is 12.7. The Kier molecular flexibility index (Phi) is 5.14. The van der Waals surface area contributed by atoms with E-state index in [4.69, 9.17) is 4.74 Å². The molecule has 1 heterocycles. The molecule has 2 atom stereocenters. The van der Waals surface area contributed by atoms with E-state index < -0.39 is 10.9 Å². The summed E-state index contributed by atoms with van der Waals surface area (Å²) in [6.07, 6.45) is 4.91. The van der Waals surface area contributed by atoms with E-state index in [2.05, 4.69) is 0 Å². The number of nitrogens with zero attached hydrogens (tertiary/aromatic N) is 2. The molecular weight excluding hydrogens is 388 g/mol. The van der Waals surface area contributed by atoms with Crippen LogP contribution in [0.15, 0.2) is 60.7 Å². The SMILES string of the molecule is O=C(OCc1cccc([N+](=O)[O-])c1)c1cccc(N2C(=O)[C@@H]3CC=CC[C@H]3C2=O)c1. The summed E-state index contributed by atoms with van der Waals surface area (Å²) in [4.78, 5) is 49.4. The lowest BCUT2D eigenvalue weighted by Crippen LogP contribution is -2.31. The molecule has 1 fully saturated rings. The van der Waals surface area contributed by atoms with Gasteiger partial charge in [-0.3, -0.25) is 24.6 Å². The molecule has 0 bridgehead atoms. The summed E-state index contributed by atoms with van der Waals surface area (Å²) < 4.78 is 5.25. The number of fused-ring (bicyclic) bond motifs is 1. The Morgan fingerprint density at radius 2 is 1.70 bits per heavy atom. The van der Waals surface area contributed by atoms with Crippen molar-refractivity contribution in [2.24, 2.45) is 11.8 Å². The summed E-state index contributed by atoms with van der Waals surface area (Å²) in [5, 5.41) is 10.9. The van der Waals surface area contributed by atoms with Crippen LogP contribution in [0.3, 0.4) is 0 Å². The topological polar surface area (TPSA) is 107 Å². The third-order valence-corrected chi connectivity index (χ3v) is 5.34. The number of nitro groups is 1. The lowest BCUT2D eigenvalue weighted by molar-refractivity contribution is -0.384. The van der Waals surface area contributed by atoms with Crippen LogP contribution in [0.1, 0.15) is 28.8 Å². The number of ether oxygens (including phenoxy) is 1. The van der Waals surface area contributed by atoms with Gasteiger partial charge in [0, 0.05) is 12.1 Å². The molecule has 8 heteroatoms. The van der Waals surface area contributed by atoms with Gasteiger partial charge in [-0.1, -0.05) is 30.4 Å². The van der Waals surface area contributed by atoms with E-state index in [1.54, 1.807) is 18.2 Å². The number of anilines is 1. The Morgan fingerprint density at radius 3 is 2.37 bits per heavy atom. The van der Waals surface area contributed by atoms with Crippen LogP contribution < -0.4 is 4.90 Å². The molecule has 0 N–H and O–H groups in total. The van der Waals surface area contributed by atoms with Crippen LogP contribution in [0.2, 0.25) is 0 Å². The average molecular weight is 406 g/mol. The normalized spacial score (nSPS) is 20.2. The fourth-order valence-corrected chi connectivity index (χ4v) is 3.82. The van der Waals surface area contributed by atoms with Gasteiger partial charge in [0.25, 0.3) is 5.69 Å². The molecule has 2 aromatic rings. The molecule has 2 amide bonds. The lowest BCUT2D eigenvalue weighted by Gasteiger charge is -2.15. The fraction of sp³-hybridized carbons (Fsp3) is 0.227. The van der Waals surface area contributed by atoms with Gasteiger partial charge in [0.15, 0.2) is 0 Å². The lowest BCUT2D eigenvalue weighted by atomic mass is 9.85. The molecule has 2 aromatic carbocycles. The van der Waals surface area contributed by atoms with Gasteiger partial charge in [0.1, 0.15) is 6.61 Å². The maximum absolute atomic E-state index is 12.7. The summed E-state index contributed by atoms with van der Waals surface area (Å²) in [5.41, 5.74) is 0.915. The summed E-state index contributed by atoms with van der Waals surface area (Å²) >= 11 is 0. The molecule has 0 spiro atoms. The van der Waals surface area contributed by atoms with Crippen LogP contribution in [0, 0.1) is 22.0 Å². The second-order valence-electron chi connectivity index (χ2n) is 7.22. The average Bonchev–Trinajstić information content (AvgIpc) is 3.02. The Morgan fingerprint density at radius 1 is 1.03 bits per heavy atom. The van der Waals surface area contributed by atoms with Crippen molar-refractivity contribution in [2.45, 2.75) is 19.4 Å². The van der Waals surface area contributed by atoms with E-state index in [0.717, 1.165) is 4.90 Å². The van der Waals surface area contributed by atoms with Gasteiger partial charge in [0.2, 0.25) is 11.8 Å². The van der Waals surface area contributed by atoms with E-state index in [9.17, 15) is 24.5 Å². The predicted molar refractivity (Wildman–Crippen MR) is 107 cm³/mol. The van der Waals surface area contributed by atoms with Crippen LogP contribution in [0.4, 0.5) is 11.4 Å². The summed E-state index contributed by atoms with van der Waals surface area (Å²) in [7, 11) is 0. The van der Waals surface area contributed by atoms with E-state index in [1.165, 1.54) is 30.3 Å². The van der Waals surface area contributed by atoms with Gasteiger partial charge in [0.05, 0.1) is 28.0 Å². The van der Waals surface area contributed by atoms with Gasteiger partial charge in [-0.15, -0.1) is 0 Å². The van der Waals surface area contributed by atoms with Crippen molar-refractivity contribution in [3.8, 4) is 0 Å². The van der Waals surface area contributed by atoms with Gasteiger partial charge in [-0.05, 0) is 36.6 Å². The van der Waals surface area contributed by atoms with Gasteiger partial charge in [-0.2, -0.15) is 0 Å². The minimum atomic E-state index is -0.651. The molecule has 1 saturated heterocycles. The maximum Gasteiger partial charge on any atom is 0.338 e. The van der Waals surface area contributed by atoms with E-state index in [1.807, 2.05) is 12.2 Å². The van der Waals surface area contributed by atoms with Gasteiger partial charge in [-0.25, -0.2) is 4.79 Å². The number of benzene rings is 2. The molecule has 0 saturated carbocycles. The number of amides is 2. The van der Waals surface area contributed by atoms with E-state index >= 15 is 0 Å². The van der Waals surface area contributed by atoms with Crippen molar-refractivity contribution in [1.82, 2.24) is 0 Å². The van der Waals surface area contributed by atoms with Gasteiger partial charge < -0.3 is 4.74 Å². The van der Waals surface area contributed by atoms with Crippen LogP contribution in [0.25, 0.3) is 0 Å². The van der Waals surface area contributed by atoms with E-state index in [-0.39, 0.29) is 41.5 Å². The van der Waals surface area contributed by atoms with Crippen molar-refractivity contribution in [1.29, 1.82) is 0 Å². The zero-order chi connectivity index (χ0) is 21.3. The second kappa shape index (κ2) is 7.90. The molecule has 152 valence electrons. The van der Waals surface area contributed by atoms with Crippen LogP contribution in [0.5, 0.6) is 0 Å². The van der Waals surface area contributed by atoms with E-state index in [0.29, 0.717) is 24.1 Å². The number of hydrogen-bond acceptors (Lipinski definition) is 6. The number of rotatable bonds is 5. The number of imide groups is 1. The number of non-ortho nitro benzene ring substituents is 1. The molecule has 1 aliphatic heterocycles. The quantitative estimate of drug-likeness (QED) is 0.248.